The van der Waals surface area contributed by atoms with E-state index in [4.69, 9.17) is 24.0 Å². The highest BCUT2D eigenvalue weighted by Gasteiger charge is 2.50. The summed E-state index contributed by atoms with van der Waals surface area (Å²) in [6, 6.07) is 24.8. The number of carbonyl (C=O) groups excluding carboxylic acids is 2. The lowest BCUT2D eigenvalue weighted by molar-refractivity contribution is 0.0603. The van der Waals surface area contributed by atoms with E-state index in [1.165, 1.54) is 35.9 Å². The maximum atomic E-state index is 12.4. The van der Waals surface area contributed by atoms with Gasteiger partial charge in [0.2, 0.25) is 5.95 Å². The van der Waals surface area contributed by atoms with Crippen molar-refractivity contribution in [1.29, 1.82) is 0 Å². The molecule has 0 saturated heterocycles. The van der Waals surface area contributed by atoms with Crippen LogP contribution in [0.5, 0.6) is 0 Å². The van der Waals surface area contributed by atoms with E-state index in [2.05, 4.69) is 96.4 Å². The molecule has 0 bridgehead atoms. The zero-order chi connectivity index (χ0) is 37.6. The van der Waals surface area contributed by atoms with Crippen LogP contribution in [0.3, 0.4) is 0 Å². The number of nitrogens with zero attached hydrogens (tertiary/aromatic N) is 6. The minimum absolute atomic E-state index is 0.109. The predicted octanol–water partition coefficient (Wildman–Crippen LogP) is 6.63. The Kier molecular flexibility index (Phi) is 11.5. The molecule has 1 amide bonds. The van der Waals surface area contributed by atoms with Gasteiger partial charge in [-0.15, -0.1) is 11.3 Å². The summed E-state index contributed by atoms with van der Waals surface area (Å²) in [5.41, 5.74) is 4.92. The lowest BCUT2D eigenvalue weighted by Gasteiger charge is -2.43. The standard InChI is InChI=1S/C39H45N7O5SSi/c1-7-8-21-45(22-23-51-53(39(2,3)4,28-15-11-9-12-16-28)29-17-13-10-14-18-29)35-33-31(41-37(42-35)43-38(48)50-6)25-46(44-33)24-27-19-20-30(36(47)49-5)34-32(27)40-26-52-34/h9-20,25-26H,7-8,21-24H2,1-6H3,(H,41,43,48). The molecule has 0 aliphatic heterocycles. The third-order valence-electron chi connectivity index (χ3n) is 9.27. The molecule has 0 aliphatic carbocycles. The number of ether oxygens (including phenoxy) is 2. The molecule has 0 fully saturated rings. The van der Waals surface area contributed by atoms with E-state index in [0.717, 1.165) is 23.1 Å². The summed E-state index contributed by atoms with van der Waals surface area (Å²) in [5.74, 6) is 0.282. The summed E-state index contributed by atoms with van der Waals surface area (Å²) >= 11 is 1.39. The van der Waals surface area contributed by atoms with Gasteiger partial charge in [0.1, 0.15) is 5.52 Å². The van der Waals surface area contributed by atoms with Gasteiger partial charge >= 0.3 is 12.1 Å². The lowest BCUT2D eigenvalue weighted by Crippen LogP contribution is -2.67. The molecule has 1 N–H and O–H groups in total. The number of esters is 1. The normalized spacial score (nSPS) is 11.9. The summed E-state index contributed by atoms with van der Waals surface area (Å²) in [7, 11) is -0.130. The van der Waals surface area contributed by atoms with Gasteiger partial charge in [-0.05, 0) is 27.9 Å². The largest absolute Gasteiger partial charge is 0.465 e. The van der Waals surface area contributed by atoms with Gasteiger partial charge in [0.05, 0.1) is 54.9 Å². The number of rotatable bonds is 14. The molecule has 0 unspecified atom stereocenters. The van der Waals surface area contributed by atoms with Crippen LogP contribution in [0.15, 0.2) is 84.5 Å². The number of methoxy groups -OCH3 is 2. The number of aromatic nitrogens is 5. The van der Waals surface area contributed by atoms with Crippen LogP contribution in [0.25, 0.3) is 21.3 Å². The van der Waals surface area contributed by atoms with Crippen LogP contribution < -0.4 is 20.6 Å². The molecule has 0 radical (unpaired) electrons. The van der Waals surface area contributed by atoms with Crippen molar-refractivity contribution in [1.82, 2.24) is 24.7 Å². The number of benzene rings is 3. The van der Waals surface area contributed by atoms with Gasteiger partial charge in [-0.1, -0.05) is 101 Å². The van der Waals surface area contributed by atoms with E-state index in [-0.39, 0.29) is 11.0 Å². The van der Waals surface area contributed by atoms with Crippen LogP contribution in [0.2, 0.25) is 5.04 Å². The molecule has 6 aromatic rings. The monoisotopic (exact) mass is 751 g/mol. The van der Waals surface area contributed by atoms with E-state index in [1.807, 2.05) is 24.4 Å². The summed E-state index contributed by atoms with van der Waals surface area (Å²) in [6.45, 7) is 10.9. The van der Waals surface area contributed by atoms with Crippen molar-refractivity contribution in [2.75, 3.05) is 44.1 Å². The van der Waals surface area contributed by atoms with Gasteiger partial charge in [0, 0.05) is 18.7 Å². The van der Waals surface area contributed by atoms with Gasteiger partial charge < -0.3 is 18.8 Å². The summed E-state index contributed by atoms with van der Waals surface area (Å²) in [5, 5.41) is 9.89. The molecule has 6 rings (SSSR count). The Morgan fingerprint density at radius 3 is 2.23 bits per heavy atom. The Hall–Kier alpha value is -5.18. The van der Waals surface area contributed by atoms with Gasteiger partial charge in [-0.25, -0.2) is 19.6 Å². The number of carbonyl (C=O) groups is 2. The molecule has 12 nitrogen and oxygen atoms in total. The molecule has 0 saturated carbocycles. The first-order chi connectivity index (χ1) is 25.6. The number of anilines is 2. The maximum Gasteiger partial charge on any atom is 0.413 e. The third-order valence-corrected chi connectivity index (χ3v) is 15.2. The Balaban J connectivity index is 1.38. The minimum atomic E-state index is -2.80. The highest BCUT2D eigenvalue weighted by atomic mass is 32.1. The highest BCUT2D eigenvalue weighted by Crippen LogP contribution is 2.37. The smallest absolute Gasteiger partial charge is 0.413 e. The zero-order valence-corrected chi connectivity index (χ0v) is 32.8. The fourth-order valence-electron chi connectivity index (χ4n) is 6.76. The van der Waals surface area contributed by atoms with Gasteiger partial charge in [0.25, 0.3) is 8.32 Å². The SMILES string of the molecule is CCCCN(CCO[Si](c1ccccc1)(c1ccccc1)C(C)(C)C)c1nc(NC(=O)OC)nc2cn(Cc3ccc(C(=O)OC)c4scnc34)nc12. The minimum Gasteiger partial charge on any atom is -0.465 e. The second-order valence-corrected chi connectivity index (χ2v) is 18.9. The van der Waals surface area contributed by atoms with E-state index in [9.17, 15) is 9.59 Å². The lowest BCUT2D eigenvalue weighted by atomic mass is 10.1. The van der Waals surface area contributed by atoms with Crippen molar-refractivity contribution in [3.63, 3.8) is 0 Å². The average Bonchev–Trinajstić information content (AvgIpc) is 3.82. The first-order valence-electron chi connectivity index (χ1n) is 17.6. The van der Waals surface area contributed by atoms with Crippen LogP contribution in [-0.2, 0) is 20.4 Å². The molecular weight excluding hydrogens is 707 g/mol. The van der Waals surface area contributed by atoms with Gasteiger partial charge in [0.15, 0.2) is 11.3 Å². The van der Waals surface area contributed by atoms with Crippen molar-refractivity contribution in [3.8, 4) is 0 Å². The van der Waals surface area contributed by atoms with E-state index in [0.29, 0.717) is 54.2 Å². The number of nitrogens with one attached hydrogen (secondary N) is 1. The van der Waals surface area contributed by atoms with Crippen LogP contribution in [0, 0.1) is 0 Å². The van der Waals surface area contributed by atoms with Crippen LogP contribution in [0.4, 0.5) is 16.6 Å². The third kappa shape index (κ3) is 7.80. The van der Waals surface area contributed by atoms with Crippen molar-refractivity contribution < 1.29 is 23.5 Å². The van der Waals surface area contributed by atoms with Crippen LogP contribution in [-0.4, -0.2) is 79.0 Å². The highest BCUT2D eigenvalue weighted by molar-refractivity contribution is 7.17. The Bertz CT molecular complexity index is 2150. The van der Waals surface area contributed by atoms with Crippen molar-refractivity contribution >= 4 is 75.1 Å². The molecule has 3 aromatic heterocycles. The fraction of sp³-hybridized carbons (Fsp3) is 0.333. The van der Waals surface area contributed by atoms with Gasteiger partial charge in [-0.3, -0.25) is 10.00 Å². The molecule has 276 valence electrons. The molecule has 0 atom stereocenters. The Labute approximate surface area is 314 Å². The van der Waals surface area contributed by atoms with Gasteiger partial charge in [-0.2, -0.15) is 10.1 Å². The number of hydrogen-bond donors (Lipinski definition) is 1. The molecule has 14 heteroatoms. The number of thiazole rings is 1. The topological polar surface area (TPSA) is 134 Å². The number of unbranched alkanes of at least 4 members (excludes halogenated alkanes) is 1. The molecule has 0 aliphatic rings. The average molecular weight is 752 g/mol. The molecule has 0 spiro atoms. The van der Waals surface area contributed by atoms with Crippen molar-refractivity contribution in [3.05, 3.63) is 95.6 Å². The second kappa shape index (κ2) is 16.2. The molecule has 3 aromatic carbocycles. The van der Waals surface area contributed by atoms with E-state index in [1.54, 1.807) is 16.3 Å². The number of hydrogen-bond acceptors (Lipinski definition) is 11. The van der Waals surface area contributed by atoms with Crippen LogP contribution >= 0.6 is 11.3 Å². The van der Waals surface area contributed by atoms with Crippen molar-refractivity contribution in [2.45, 2.75) is 52.1 Å². The fourth-order valence-corrected chi connectivity index (χ4v) is 12.2. The first kappa shape index (κ1) is 37.6. The Morgan fingerprint density at radius 2 is 1.60 bits per heavy atom. The molecule has 53 heavy (non-hydrogen) atoms. The maximum absolute atomic E-state index is 12.4. The number of amides is 1. The summed E-state index contributed by atoms with van der Waals surface area (Å²) in [6.07, 6.45) is 3.02. The van der Waals surface area contributed by atoms with Crippen LogP contribution in [0.1, 0.15) is 56.5 Å². The van der Waals surface area contributed by atoms with E-state index < -0.39 is 20.4 Å². The quantitative estimate of drug-likeness (QED) is 0.0955. The van der Waals surface area contributed by atoms with E-state index >= 15 is 0 Å². The summed E-state index contributed by atoms with van der Waals surface area (Å²) < 4.78 is 19.7. The molecule has 3 heterocycles. The zero-order valence-electron chi connectivity index (χ0n) is 31.0. The summed E-state index contributed by atoms with van der Waals surface area (Å²) in [4.78, 5) is 41.0. The number of fused-ring (bicyclic) bond motifs is 2. The second-order valence-electron chi connectivity index (χ2n) is 13.7. The van der Waals surface area contributed by atoms with Crippen molar-refractivity contribution in [2.24, 2.45) is 0 Å². The predicted molar refractivity (Wildman–Crippen MR) is 212 cm³/mol. The first-order valence-corrected chi connectivity index (χ1v) is 20.4. The Morgan fingerprint density at radius 1 is 0.906 bits per heavy atom. The molecular formula is C39H45N7O5SSi.